The number of hydrogen-bond donors (Lipinski definition) is 1. The fourth-order valence-electron chi connectivity index (χ4n) is 1.86. The molecule has 0 aromatic carbocycles. The Morgan fingerprint density at radius 2 is 2.14 bits per heavy atom. The van der Waals surface area contributed by atoms with Crippen molar-refractivity contribution in [2.24, 2.45) is 0 Å². The summed E-state index contributed by atoms with van der Waals surface area (Å²) in [6.07, 6.45) is 2.02. The van der Waals surface area contributed by atoms with Crippen molar-refractivity contribution in [2.75, 3.05) is 26.6 Å². The SMILES string of the molecule is COCCCSC1=CC(=O)c2[nH]nc(C(=O)OC)c2C1=O. The van der Waals surface area contributed by atoms with Gasteiger partial charge in [0.25, 0.3) is 0 Å². The molecule has 0 fully saturated rings. The van der Waals surface area contributed by atoms with Gasteiger partial charge in [0.1, 0.15) is 5.69 Å². The average molecular weight is 310 g/mol. The third-order valence-corrected chi connectivity index (χ3v) is 3.96. The number of carbonyl (C=O) groups is 3. The second-order valence-electron chi connectivity index (χ2n) is 4.21. The molecule has 0 aliphatic heterocycles. The topological polar surface area (TPSA) is 98.4 Å². The molecule has 1 heterocycles. The molecule has 0 atom stereocenters. The normalized spacial score (nSPS) is 13.9. The second kappa shape index (κ2) is 6.68. The van der Waals surface area contributed by atoms with Crippen LogP contribution in [-0.2, 0) is 9.47 Å². The Morgan fingerprint density at radius 1 is 1.38 bits per heavy atom. The number of methoxy groups -OCH3 is 2. The standard InChI is InChI=1S/C13H14N2O5S/c1-19-4-3-5-21-8-6-7(16)10-9(12(8)17)11(15-14-10)13(18)20-2/h6H,3-5H2,1-2H3,(H,14,15). The fourth-order valence-corrected chi connectivity index (χ4v) is 2.76. The van der Waals surface area contributed by atoms with E-state index in [-0.39, 0.29) is 28.5 Å². The molecular weight excluding hydrogens is 296 g/mol. The third-order valence-electron chi connectivity index (χ3n) is 2.85. The number of hydrogen-bond acceptors (Lipinski definition) is 7. The van der Waals surface area contributed by atoms with Crippen molar-refractivity contribution in [1.29, 1.82) is 0 Å². The molecule has 8 heteroatoms. The molecule has 1 aromatic heterocycles. The first kappa shape index (κ1) is 15.5. The van der Waals surface area contributed by atoms with Crippen LogP contribution in [0.5, 0.6) is 0 Å². The number of allylic oxidation sites excluding steroid dienone is 2. The maximum Gasteiger partial charge on any atom is 0.359 e. The van der Waals surface area contributed by atoms with Crippen LogP contribution in [0.15, 0.2) is 11.0 Å². The van der Waals surface area contributed by atoms with Crippen molar-refractivity contribution >= 4 is 29.3 Å². The molecule has 2 rings (SSSR count). The van der Waals surface area contributed by atoms with Gasteiger partial charge in [0.05, 0.1) is 17.6 Å². The van der Waals surface area contributed by atoms with Crippen molar-refractivity contribution in [3.8, 4) is 0 Å². The van der Waals surface area contributed by atoms with Crippen LogP contribution in [0.25, 0.3) is 0 Å². The number of nitrogens with zero attached hydrogens (tertiary/aromatic N) is 1. The maximum absolute atomic E-state index is 12.4. The molecule has 21 heavy (non-hydrogen) atoms. The van der Waals surface area contributed by atoms with E-state index in [1.54, 1.807) is 7.11 Å². The zero-order chi connectivity index (χ0) is 15.4. The third kappa shape index (κ3) is 3.06. The molecule has 0 radical (unpaired) electrons. The van der Waals surface area contributed by atoms with Gasteiger partial charge in [0.15, 0.2) is 5.69 Å². The molecule has 0 saturated carbocycles. The summed E-state index contributed by atoms with van der Waals surface area (Å²) in [7, 11) is 2.79. The van der Waals surface area contributed by atoms with Crippen molar-refractivity contribution in [2.45, 2.75) is 6.42 Å². The number of ether oxygens (including phenoxy) is 2. The molecule has 7 nitrogen and oxygen atoms in total. The van der Waals surface area contributed by atoms with Crippen LogP contribution < -0.4 is 0 Å². The van der Waals surface area contributed by atoms with Crippen LogP contribution >= 0.6 is 11.8 Å². The minimum absolute atomic E-state index is 0.0106. The highest BCUT2D eigenvalue weighted by Gasteiger charge is 2.34. The van der Waals surface area contributed by atoms with Crippen LogP contribution in [0.3, 0.4) is 0 Å². The molecule has 0 spiro atoms. The van der Waals surface area contributed by atoms with Gasteiger partial charge >= 0.3 is 5.97 Å². The Balaban J connectivity index is 2.23. The molecule has 0 saturated heterocycles. The smallest absolute Gasteiger partial charge is 0.359 e. The summed E-state index contributed by atoms with van der Waals surface area (Å²) in [5, 5.41) is 6.13. The van der Waals surface area contributed by atoms with Gasteiger partial charge in [-0.3, -0.25) is 14.7 Å². The number of aromatic nitrogens is 2. The van der Waals surface area contributed by atoms with Gasteiger partial charge in [0, 0.05) is 25.5 Å². The van der Waals surface area contributed by atoms with E-state index in [1.165, 1.54) is 24.9 Å². The monoisotopic (exact) mass is 310 g/mol. The van der Waals surface area contributed by atoms with Crippen LogP contribution in [0.1, 0.15) is 37.8 Å². The molecule has 0 amide bonds. The molecule has 112 valence electrons. The van der Waals surface area contributed by atoms with Crippen molar-refractivity contribution in [3.63, 3.8) is 0 Å². The number of aromatic amines is 1. The number of ketones is 2. The molecule has 0 unspecified atom stereocenters. The first-order chi connectivity index (χ1) is 10.1. The lowest BCUT2D eigenvalue weighted by Crippen LogP contribution is -2.18. The summed E-state index contributed by atoms with van der Waals surface area (Å²) in [6, 6.07) is 0. The van der Waals surface area contributed by atoms with E-state index in [0.29, 0.717) is 17.3 Å². The van der Waals surface area contributed by atoms with E-state index in [2.05, 4.69) is 14.9 Å². The van der Waals surface area contributed by atoms with Crippen LogP contribution in [0.2, 0.25) is 0 Å². The fraction of sp³-hybridized carbons (Fsp3) is 0.385. The molecule has 1 aliphatic rings. The summed E-state index contributed by atoms with van der Waals surface area (Å²) >= 11 is 1.26. The van der Waals surface area contributed by atoms with E-state index >= 15 is 0 Å². The first-order valence-electron chi connectivity index (χ1n) is 6.19. The highest BCUT2D eigenvalue weighted by atomic mass is 32.2. The number of rotatable bonds is 6. The largest absolute Gasteiger partial charge is 0.464 e. The minimum Gasteiger partial charge on any atom is -0.464 e. The first-order valence-corrected chi connectivity index (χ1v) is 7.17. The van der Waals surface area contributed by atoms with Crippen LogP contribution in [-0.4, -0.2) is 54.3 Å². The number of carbonyl (C=O) groups excluding carboxylic acids is 3. The number of nitrogens with one attached hydrogen (secondary N) is 1. The number of Topliss-reactive ketones (excluding diaryl/α,β-unsaturated/α-hetero) is 1. The summed E-state index contributed by atoms with van der Waals surface area (Å²) in [5.74, 6) is -0.874. The predicted octanol–water partition coefficient (Wildman–Crippen LogP) is 1.23. The summed E-state index contributed by atoms with van der Waals surface area (Å²) in [5.41, 5.74) is -0.140. The van der Waals surface area contributed by atoms with Gasteiger partial charge in [-0.25, -0.2) is 4.79 Å². The van der Waals surface area contributed by atoms with E-state index in [4.69, 9.17) is 4.74 Å². The van der Waals surface area contributed by atoms with E-state index in [0.717, 1.165) is 6.42 Å². The van der Waals surface area contributed by atoms with Gasteiger partial charge in [-0.05, 0) is 6.42 Å². The molecule has 1 aliphatic carbocycles. The molecule has 1 aromatic rings. The maximum atomic E-state index is 12.4. The van der Waals surface area contributed by atoms with Gasteiger partial charge < -0.3 is 9.47 Å². The van der Waals surface area contributed by atoms with Gasteiger partial charge in [-0.15, -0.1) is 11.8 Å². The van der Waals surface area contributed by atoms with Gasteiger partial charge in [-0.1, -0.05) is 0 Å². The zero-order valence-electron chi connectivity index (χ0n) is 11.6. The van der Waals surface area contributed by atoms with E-state index in [1.807, 2.05) is 0 Å². The number of H-pyrrole nitrogens is 1. The molecular formula is C13H14N2O5S. The lowest BCUT2D eigenvalue weighted by atomic mass is 9.99. The Bertz CT molecular complexity index is 620. The van der Waals surface area contributed by atoms with Crippen LogP contribution in [0.4, 0.5) is 0 Å². The predicted molar refractivity (Wildman–Crippen MR) is 75.6 cm³/mol. The van der Waals surface area contributed by atoms with Crippen LogP contribution in [0, 0.1) is 0 Å². The van der Waals surface area contributed by atoms with Crippen molar-refractivity contribution < 1.29 is 23.9 Å². The van der Waals surface area contributed by atoms with Crippen molar-refractivity contribution in [3.05, 3.63) is 27.9 Å². The van der Waals surface area contributed by atoms with E-state index < -0.39 is 5.97 Å². The minimum atomic E-state index is -0.751. The Kier molecular flexibility index (Phi) is 4.92. The number of thioether (sulfide) groups is 1. The number of fused-ring (bicyclic) bond motifs is 1. The van der Waals surface area contributed by atoms with E-state index in [9.17, 15) is 14.4 Å². The Morgan fingerprint density at radius 3 is 2.81 bits per heavy atom. The lowest BCUT2D eigenvalue weighted by molar-refractivity contribution is 0.0591. The summed E-state index contributed by atoms with van der Waals surface area (Å²) in [6.45, 7) is 0.576. The quantitative estimate of drug-likeness (QED) is 0.623. The zero-order valence-corrected chi connectivity index (χ0v) is 12.4. The van der Waals surface area contributed by atoms with Gasteiger partial charge in [0.2, 0.25) is 11.6 Å². The Hall–Kier alpha value is -1.93. The summed E-state index contributed by atoms with van der Waals surface area (Å²) < 4.78 is 9.49. The molecule has 0 bridgehead atoms. The number of esters is 1. The highest BCUT2D eigenvalue weighted by Crippen LogP contribution is 2.29. The lowest BCUT2D eigenvalue weighted by Gasteiger charge is -2.11. The average Bonchev–Trinajstić information content (AvgIpc) is 2.93. The summed E-state index contributed by atoms with van der Waals surface area (Å²) in [4.78, 5) is 36.2. The van der Waals surface area contributed by atoms with Crippen molar-refractivity contribution in [1.82, 2.24) is 10.2 Å². The van der Waals surface area contributed by atoms with Gasteiger partial charge in [-0.2, -0.15) is 5.10 Å². The molecule has 1 N–H and O–H groups in total. The second-order valence-corrected chi connectivity index (χ2v) is 5.35. The highest BCUT2D eigenvalue weighted by molar-refractivity contribution is 8.04. The Labute approximate surface area is 125 Å².